The smallest absolute Gasteiger partial charge is 0.157 e. The summed E-state index contributed by atoms with van der Waals surface area (Å²) in [4.78, 5) is 0. The Morgan fingerprint density at radius 2 is 1.48 bits per heavy atom. The third-order valence-corrected chi connectivity index (χ3v) is 4.60. The fraction of sp³-hybridized carbons (Fsp3) is 0.905. The van der Waals surface area contributed by atoms with E-state index in [1.807, 2.05) is 0 Å². The summed E-state index contributed by atoms with van der Waals surface area (Å²) < 4.78 is 11.3. The van der Waals surface area contributed by atoms with Gasteiger partial charge in [-0.3, -0.25) is 0 Å². The Labute approximate surface area is 145 Å². The molecule has 1 aliphatic heterocycles. The third-order valence-electron chi connectivity index (χ3n) is 4.60. The van der Waals surface area contributed by atoms with Crippen molar-refractivity contribution < 1.29 is 9.47 Å². The quantitative estimate of drug-likeness (QED) is 0.244. The lowest BCUT2D eigenvalue weighted by Crippen LogP contribution is -2.22. The minimum atomic E-state index is 0.0949. The summed E-state index contributed by atoms with van der Waals surface area (Å²) in [5, 5.41) is 0. The zero-order valence-corrected chi connectivity index (χ0v) is 15.6. The Kier molecular flexibility index (Phi) is 14.9. The van der Waals surface area contributed by atoms with Crippen LogP contribution in [0.15, 0.2) is 12.2 Å². The van der Waals surface area contributed by atoms with Crippen LogP contribution in [0.4, 0.5) is 0 Å². The molecule has 1 atom stereocenters. The van der Waals surface area contributed by atoms with E-state index in [1.54, 1.807) is 0 Å². The van der Waals surface area contributed by atoms with Crippen molar-refractivity contribution in [1.82, 2.24) is 0 Å². The van der Waals surface area contributed by atoms with Crippen molar-refractivity contribution in [3.05, 3.63) is 12.2 Å². The molecule has 0 amide bonds. The zero-order valence-electron chi connectivity index (χ0n) is 15.6. The molecule has 0 radical (unpaired) electrons. The first-order chi connectivity index (χ1) is 11.4. The van der Waals surface area contributed by atoms with Gasteiger partial charge >= 0.3 is 0 Å². The topological polar surface area (TPSA) is 18.5 Å². The first kappa shape index (κ1) is 20.7. The van der Waals surface area contributed by atoms with E-state index in [4.69, 9.17) is 9.47 Å². The molecule has 0 aliphatic carbocycles. The Balaban J connectivity index is 1.72. The highest BCUT2D eigenvalue weighted by Crippen LogP contribution is 2.14. The molecule has 23 heavy (non-hydrogen) atoms. The monoisotopic (exact) mass is 324 g/mol. The first-order valence-corrected chi connectivity index (χ1v) is 10.3. The van der Waals surface area contributed by atoms with Crippen molar-refractivity contribution in [1.29, 1.82) is 0 Å². The van der Waals surface area contributed by atoms with Gasteiger partial charge in [0.25, 0.3) is 0 Å². The summed E-state index contributed by atoms with van der Waals surface area (Å²) in [6, 6.07) is 0. The van der Waals surface area contributed by atoms with Gasteiger partial charge in [0, 0.05) is 13.2 Å². The van der Waals surface area contributed by atoms with Gasteiger partial charge in [-0.05, 0) is 51.4 Å². The molecule has 1 unspecified atom stereocenters. The minimum absolute atomic E-state index is 0.0949. The van der Waals surface area contributed by atoms with Crippen molar-refractivity contribution in [2.45, 2.75) is 110 Å². The second-order valence-corrected chi connectivity index (χ2v) is 6.90. The molecule has 1 aliphatic rings. The maximum absolute atomic E-state index is 5.76. The molecule has 1 heterocycles. The Bertz CT molecular complexity index is 257. The van der Waals surface area contributed by atoms with Crippen LogP contribution in [0, 0.1) is 0 Å². The Hall–Kier alpha value is -0.340. The van der Waals surface area contributed by atoms with E-state index < -0.39 is 0 Å². The van der Waals surface area contributed by atoms with Crippen LogP contribution in [-0.4, -0.2) is 19.5 Å². The van der Waals surface area contributed by atoms with Gasteiger partial charge in [0.15, 0.2) is 6.29 Å². The van der Waals surface area contributed by atoms with Crippen LogP contribution >= 0.6 is 0 Å². The number of rotatable bonds is 15. The molecule has 0 N–H and O–H groups in total. The lowest BCUT2D eigenvalue weighted by molar-refractivity contribution is -0.162. The molecule has 0 saturated carbocycles. The van der Waals surface area contributed by atoms with Gasteiger partial charge in [-0.2, -0.15) is 0 Å². The van der Waals surface area contributed by atoms with Crippen LogP contribution in [-0.2, 0) is 9.47 Å². The molecule has 2 heteroatoms. The molecule has 2 nitrogen and oxygen atoms in total. The molecular weight excluding hydrogens is 284 g/mol. The van der Waals surface area contributed by atoms with Crippen molar-refractivity contribution in [2.75, 3.05) is 13.2 Å². The number of unbranched alkanes of at least 4 members (excludes halogenated alkanes) is 10. The predicted molar refractivity (Wildman–Crippen MR) is 99.8 cm³/mol. The molecule has 1 rings (SSSR count). The highest BCUT2D eigenvalue weighted by atomic mass is 16.7. The average molecular weight is 325 g/mol. The van der Waals surface area contributed by atoms with Crippen LogP contribution in [0.25, 0.3) is 0 Å². The van der Waals surface area contributed by atoms with Gasteiger partial charge in [-0.1, -0.05) is 64.0 Å². The highest BCUT2D eigenvalue weighted by Gasteiger charge is 2.13. The van der Waals surface area contributed by atoms with Crippen LogP contribution in [0.1, 0.15) is 103 Å². The lowest BCUT2D eigenvalue weighted by Gasteiger charge is -2.22. The van der Waals surface area contributed by atoms with Crippen molar-refractivity contribution in [3.8, 4) is 0 Å². The summed E-state index contributed by atoms with van der Waals surface area (Å²) in [6.45, 7) is 4.04. The maximum Gasteiger partial charge on any atom is 0.157 e. The number of ether oxygens (including phenoxy) is 2. The number of allylic oxidation sites excluding steroid dienone is 2. The minimum Gasteiger partial charge on any atom is -0.353 e. The van der Waals surface area contributed by atoms with E-state index in [9.17, 15) is 0 Å². The summed E-state index contributed by atoms with van der Waals surface area (Å²) >= 11 is 0. The molecule has 0 aromatic rings. The SMILES string of the molecule is CCCCCC/C=C\CCCCCCCCOC1CCCCO1. The van der Waals surface area contributed by atoms with Crippen LogP contribution < -0.4 is 0 Å². The Morgan fingerprint density at radius 1 is 0.826 bits per heavy atom. The average Bonchev–Trinajstić information content (AvgIpc) is 2.59. The van der Waals surface area contributed by atoms with Gasteiger partial charge in [0.2, 0.25) is 0 Å². The van der Waals surface area contributed by atoms with Gasteiger partial charge in [0.05, 0.1) is 0 Å². The van der Waals surface area contributed by atoms with Gasteiger partial charge in [-0.15, -0.1) is 0 Å². The van der Waals surface area contributed by atoms with Crippen LogP contribution in [0.5, 0.6) is 0 Å². The van der Waals surface area contributed by atoms with E-state index in [1.165, 1.54) is 89.9 Å². The maximum atomic E-state index is 5.76. The van der Waals surface area contributed by atoms with Gasteiger partial charge in [0.1, 0.15) is 0 Å². The Morgan fingerprint density at radius 3 is 2.13 bits per heavy atom. The van der Waals surface area contributed by atoms with E-state index in [-0.39, 0.29) is 6.29 Å². The molecule has 0 aromatic carbocycles. The highest BCUT2D eigenvalue weighted by molar-refractivity contribution is 4.81. The van der Waals surface area contributed by atoms with Crippen LogP contribution in [0.3, 0.4) is 0 Å². The van der Waals surface area contributed by atoms with Gasteiger partial charge < -0.3 is 9.47 Å². The van der Waals surface area contributed by atoms with Crippen LogP contribution in [0.2, 0.25) is 0 Å². The number of hydrogen-bond donors (Lipinski definition) is 0. The summed E-state index contributed by atoms with van der Waals surface area (Å²) in [5.74, 6) is 0. The number of hydrogen-bond acceptors (Lipinski definition) is 2. The second-order valence-electron chi connectivity index (χ2n) is 6.90. The third kappa shape index (κ3) is 13.8. The van der Waals surface area contributed by atoms with E-state index in [2.05, 4.69) is 19.1 Å². The van der Waals surface area contributed by atoms with E-state index in [0.717, 1.165) is 19.6 Å². The lowest BCUT2D eigenvalue weighted by atomic mass is 10.1. The molecule has 1 fully saturated rings. The fourth-order valence-electron chi connectivity index (χ4n) is 3.05. The fourth-order valence-corrected chi connectivity index (χ4v) is 3.05. The molecular formula is C21H40O2. The summed E-state index contributed by atoms with van der Waals surface area (Å²) in [6.07, 6.45) is 24.5. The summed E-state index contributed by atoms with van der Waals surface area (Å²) in [5.41, 5.74) is 0. The van der Waals surface area contributed by atoms with Crippen molar-refractivity contribution >= 4 is 0 Å². The molecule has 136 valence electrons. The molecule has 1 saturated heterocycles. The normalized spacial score (nSPS) is 18.7. The van der Waals surface area contributed by atoms with Gasteiger partial charge in [-0.25, -0.2) is 0 Å². The molecule has 0 bridgehead atoms. The standard InChI is InChI=1S/C21H40O2/c1-2-3-4-5-6-7-8-9-10-11-12-13-14-16-19-22-21-18-15-17-20-23-21/h7-8,21H,2-6,9-20H2,1H3/b8-7-. The van der Waals surface area contributed by atoms with E-state index >= 15 is 0 Å². The largest absolute Gasteiger partial charge is 0.353 e. The molecule has 0 spiro atoms. The zero-order chi connectivity index (χ0) is 16.4. The molecule has 0 aromatic heterocycles. The van der Waals surface area contributed by atoms with E-state index in [0.29, 0.717) is 0 Å². The van der Waals surface area contributed by atoms with Crippen molar-refractivity contribution in [3.63, 3.8) is 0 Å². The van der Waals surface area contributed by atoms with Crippen molar-refractivity contribution in [2.24, 2.45) is 0 Å². The summed E-state index contributed by atoms with van der Waals surface area (Å²) in [7, 11) is 0. The second kappa shape index (κ2) is 16.5. The predicted octanol–water partition coefficient (Wildman–Crippen LogP) is 6.79. The first-order valence-electron chi connectivity index (χ1n) is 10.3.